The highest BCUT2D eigenvalue weighted by molar-refractivity contribution is 6.30. The van der Waals surface area contributed by atoms with Crippen molar-refractivity contribution in [2.24, 2.45) is 0 Å². The molecule has 0 bridgehead atoms. The van der Waals surface area contributed by atoms with Crippen LogP contribution in [0.2, 0.25) is 5.15 Å². The van der Waals surface area contributed by atoms with Gasteiger partial charge in [-0.2, -0.15) is 0 Å². The average Bonchev–Trinajstić information content (AvgIpc) is 2.69. The third kappa shape index (κ3) is 3.83. The fourth-order valence-corrected chi connectivity index (χ4v) is 3.58. The van der Waals surface area contributed by atoms with Gasteiger partial charge < -0.3 is 10.1 Å². The van der Waals surface area contributed by atoms with Gasteiger partial charge in [0, 0.05) is 42.8 Å². The van der Waals surface area contributed by atoms with Crippen LogP contribution in [-0.2, 0) is 4.74 Å². The van der Waals surface area contributed by atoms with E-state index in [1.54, 1.807) is 0 Å². The van der Waals surface area contributed by atoms with Crippen molar-refractivity contribution in [2.75, 3.05) is 44.7 Å². The molecule has 134 valence electrons. The molecule has 0 spiro atoms. The third-order valence-corrected chi connectivity index (χ3v) is 4.93. The molecule has 2 heterocycles. The summed E-state index contributed by atoms with van der Waals surface area (Å²) in [4.78, 5) is 7.02. The number of ether oxygens (including phenoxy) is 1. The Morgan fingerprint density at radius 2 is 1.85 bits per heavy atom. The minimum Gasteiger partial charge on any atom is -0.383 e. The van der Waals surface area contributed by atoms with Crippen molar-refractivity contribution in [1.82, 2.24) is 9.88 Å². The van der Waals surface area contributed by atoms with Crippen molar-refractivity contribution < 1.29 is 4.74 Å². The van der Waals surface area contributed by atoms with Crippen LogP contribution in [0, 0.1) is 0 Å². The van der Waals surface area contributed by atoms with Gasteiger partial charge in [-0.3, -0.25) is 4.90 Å². The summed E-state index contributed by atoms with van der Waals surface area (Å²) in [7, 11) is 0. The molecule has 26 heavy (non-hydrogen) atoms. The second-order valence-corrected chi connectivity index (χ2v) is 6.83. The Labute approximate surface area is 158 Å². The van der Waals surface area contributed by atoms with Crippen molar-refractivity contribution in [3.05, 3.63) is 59.8 Å². The number of benzene rings is 2. The minimum absolute atomic E-state index is 0.509. The van der Waals surface area contributed by atoms with Gasteiger partial charge in [0.15, 0.2) is 0 Å². The molecule has 1 aliphatic rings. The van der Waals surface area contributed by atoms with E-state index in [9.17, 15) is 0 Å². The number of morpholine rings is 1. The highest BCUT2D eigenvalue weighted by atomic mass is 35.5. The highest BCUT2D eigenvalue weighted by Gasteiger charge is 2.12. The average molecular weight is 368 g/mol. The lowest BCUT2D eigenvalue weighted by atomic mass is 10.0. The molecule has 2 aromatic carbocycles. The molecule has 1 aromatic heterocycles. The Morgan fingerprint density at radius 1 is 1.04 bits per heavy atom. The normalized spacial score (nSPS) is 15.3. The number of halogens is 1. The van der Waals surface area contributed by atoms with Gasteiger partial charge in [0.1, 0.15) is 5.15 Å². The second-order valence-electron chi connectivity index (χ2n) is 6.44. The maximum atomic E-state index is 6.33. The van der Waals surface area contributed by atoms with E-state index in [2.05, 4.69) is 45.5 Å². The predicted molar refractivity (Wildman–Crippen MR) is 108 cm³/mol. The van der Waals surface area contributed by atoms with Crippen LogP contribution in [0.4, 0.5) is 5.69 Å². The van der Waals surface area contributed by atoms with Crippen LogP contribution in [-0.4, -0.2) is 49.3 Å². The van der Waals surface area contributed by atoms with Gasteiger partial charge >= 0.3 is 0 Å². The zero-order valence-corrected chi connectivity index (χ0v) is 15.4. The van der Waals surface area contributed by atoms with E-state index in [0.717, 1.165) is 67.1 Å². The lowest BCUT2D eigenvalue weighted by Crippen LogP contribution is -2.39. The Balaban J connectivity index is 1.61. The fraction of sp³-hybridized carbons (Fsp3) is 0.286. The summed E-state index contributed by atoms with van der Waals surface area (Å²) >= 11 is 6.33. The van der Waals surface area contributed by atoms with Gasteiger partial charge in [-0.25, -0.2) is 4.98 Å². The quantitative estimate of drug-likeness (QED) is 0.682. The van der Waals surface area contributed by atoms with Crippen molar-refractivity contribution in [3.8, 4) is 11.1 Å². The Kier molecular flexibility index (Phi) is 5.34. The second kappa shape index (κ2) is 8.04. The molecule has 0 unspecified atom stereocenters. The van der Waals surface area contributed by atoms with Gasteiger partial charge in [-0.05, 0) is 11.6 Å². The van der Waals surface area contributed by atoms with Gasteiger partial charge in [-0.1, -0.05) is 60.1 Å². The van der Waals surface area contributed by atoms with E-state index >= 15 is 0 Å². The SMILES string of the molecule is Clc1cc(NCCN2CCOCC2)c2cccc(-c3ccccc3)c2n1. The zero-order valence-electron chi connectivity index (χ0n) is 14.6. The number of nitrogens with zero attached hydrogens (tertiary/aromatic N) is 2. The molecular weight excluding hydrogens is 346 g/mol. The van der Waals surface area contributed by atoms with Crippen molar-refractivity contribution in [2.45, 2.75) is 0 Å². The molecule has 1 fully saturated rings. The molecule has 4 nitrogen and oxygen atoms in total. The van der Waals surface area contributed by atoms with E-state index < -0.39 is 0 Å². The topological polar surface area (TPSA) is 37.4 Å². The first-order valence-corrected chi connectivity index (χ1v) is 9.38. The van der Waals surface area contributed by atoms with Gasteiger partial charge in [0.25, 0.3) is 0 Å². The minimum atomic E-state index is 0.509. The number of fused-ring (bicyclic) bond motifs is 1. The number of nitrogens with one attached hydrogen (secondary N) is 1. The van der Waals surface area contributed by atoms with Gasteiger partial charge in [-0.15, -0.1) is 0 Å². The largest absolute Gasteiger partial charge is 0.383 e. The van der Waals surface area contributed by atoms with Crippen LogP contribution < -0.4 is 5.32 Å². The van der Waals surface area contributed by atoms with Crippen molar-refractivity contribution in [1.29, 1.82) is 0 Å². The first-order valence-electron chi connectivity index (χ1n) is 9.00. The molecule has 0 radical (unpaired) electrons. The van der Waals surface area contributed by atoms with Crippen molar-refractivity contribution in [3.63, 3.8) is 0 Å². The highest BCUT2D eigenvalue weighted by Crippen LogP contribution is 2.32. The number of hydrogen-bond acceptors (Lipinski definition) is 4. The molecule has 1 N–H and O–H groups in total. The maximum Gasteiger partial charge on any atom is 0.131 e. The van der Waals surface area contributed by atoms with E-state index in [1.807, 2.05) is 24.3 Å². The summed E-state index contributed by atoms with van der Waals surface area (Å²) in [6.07, 6.45) is 0. The van der Waals surface area contributed by atoms with E-state index in [-0.39, 0.29) is 0 Å². The summed E-state index contributed by atoms with van der Waals surface area (Å²) in [5.74, 6) is 0. The summed E-state index contributed by atoms with van der Waals surface area (Å²) in [5, 5.41) is 5.15. The van der Waals surface area contributed by atoms with Gasteiger partial charge in [0.2, 0.25) is 0 Å². The fourth-order valence-electron chi connectivity index (χ4n) is 3.39. The molecule has 0 saturated carbocycles. The summed E-state index contributed by atoms with van der Waals surface area (Å²) < 4.78 is 5.41. The number of rotatable bonds is 5. The molecular formula is C21H22ClN3O. The Morgan fingerprint density at radius 3 is 2.65 bits per heavy atom. The maximum absolute atomic E-state index is 6.33. The lowest BCUT2D eigenvalue weighted by Gasteiger charge is -2.26. The molecule has 5 heteroatoms. The van der Waals surface area contributed by atoms with Crippen LogP contribution in [0.5, 0.6) is 0 Å². The number of aromatic nitrogens is 1. The monoisotopic (exact) mass is 367 g/mol. The molecule has 0 aliphatic carbocycles. The van der Waals surface area contributed by atoms with Crippen LogP contribution in [0.25, 0.3) is 22.0 Å². The predicted octanol–water partition coefficient (Wildman–Crippen LogP) is 4.30. The summed E-state index contributed by atoms with van der Waals surface area (Å²) in [6.45, 7) is 5.50. The molecule has 0 atom stereocenters. The smallest absolute Gasteiger partial charge is 0.131 e. The Bertz CT molecular complexity index is 879. The van der Waals surface area contributed by atoms with Crippen LogP contribution >= 0.6 is 11.6 Å². The van der Waals surface area contributed by atoms with Gasteiger partial charge in [0.05, 0.1) is 18.7 Å². The van der Waals surface area contributed by atoms with Crippen LogP contribution in [0.3, 0.4) is 0 Å². The third-order valence-electron chi connectivity index (χ3n) is 4.74. The zero-order chi connectivity index (χ0) is 17.8. The Hall–Kier alpha value is -2.14. The van der Waals surface area contributed by atoms with Crippen LogP contribution in [0.15, 0.2) is 54.6 Å². The first kappa shape index (κ1) is 17.3. The molecule has 4 rings (SSSR count). The van der Waals surface area contributed by atoms with E-state index in [1.165, 1.54) is 0 Å². The number of para-hydroxylation sites is 1. The molecule has 1 saturated heterocycles. The molecule has 1 aliphatic heterocycles. The number of anilines is 1. The first-order chi connectivity index (χ1) is 12.8. The molecule has 3 aromatic rings. The lowest BCUT2D eigenvalue weighted by molar-refractivity contribution is 0.0398. The van der Waals surface area contributed by atoms with E-state index in [0.29, 0.717) is 5.15 Å². The summed E-state index contributed by atoms with van der Waals surface area (Å²) in [6, 6.07) is 18.5. The number of hydrogen-bond donors (Lipinski definition) is 1. The summed E-state index contributed by atoms with van der Waals surface area (Å²) in [5.41, 5.74) is 4.21. The van der Waals surface area contributed by atoms with Crippen molar-refractivity contribution >= 4 is 28.2 Å². The standard InChI is InChI=1S/C21H22ClN3O/c22-20-15-19(23-9-10-25-11-13-26-14-12-25)18-8-4-7-17(21(18)24-20)16-5-2-1-3-6-16/h1-8,15H,9-14H2,(H,23,24). The molecule has 0 amide bonds. The van der Waals surface area contributed by atoms with E-state index in [4.69, 9.17) is 16.3 Å². The van der Waals surface area contributed by atoms with Crippen LogP contribution in [0.1, 0.15) is 0 Å². The number of pyridine rings is 1.